The fourth-order valence-electron chi connectivity index (χ4n) is 4.41. The number of rotatable bonds is 8. The van der Waals surface area contributed by atoms with Gasteiger partial charge in [0.2, 0.25) is 5.91 Å². The fraction of sp³-hybridized carbons (Fsp3) is 0.522. The Balaban J connectivity index is 1.55. The van der Waals surface area contributed by atoms with Crippen LogP contribution < -0.4 is 5.32 Å². The molecule has 1 fully saturated rings. The van der Waals surface area contributed by atoms with Crippen molar-refractivity contribution < 1.29 is 4.79 Å². The van der Waals surface area contributed by atoms with Crippen molar-refractivity contribution in [3.63, 3.8) is 0 Å². The largest absolute Gasteiger partial charge is 0.356 e. The van der Waals surface area contributed by atoms with E-state index in [-0.39, 0.29) is 5.91 Å². The zero-order valence-corrected chi connectivity index (χ0v) is 19.0. The number of aryl methyl sites for hydroxylation is 2. The van der Waals surface area contributed by atoms with Gasteiger partial charge in [-0.15, -0.1) is 11.3 Å². The molecular weight excluding hydrogens is 394 g/mol. The van der Waals surface area contributed by atoms with Crippen LogP contribution in [-0.4, -0.2) is 38.5 Å². The summed E-state index contributed by atoms with van der Waals surface area (Å²) in [7, 11) is 0. The average Bonchev–Trinajstić information content (AvgIpc) is 3.47. The first-order valence-corrected chi connectivity index (χ1v) is 11.8. The lowest BCUT2D eigenvalue weighted by Gasteiger charge is -2.22. The Morgan fingerprint density at radius 1 is 1.37 bits per heavy atom. The third kappa shape index (κ3) is 4.42. The second-order valence-electron chi connectivity index (χ2n) is 8.16. The smallest absolute Gasteiger partial charge is 0.220 e. The Hall–Kier alpha value is -2.25. The van der Waals surface area contributed by atoms with Gasteiger partial charge in [0.05, 0.1) is 11.7 Å². The summed E-state index contributed by atoms with van der Waals surface area (Å²) in [5, 5.41) is 10.1. The predicted molar refractivity (Wildman–Crippen MR) is 121 cm³/mol. The Kier molecular flexibility index (Phi) is 6.49. The van der Waals surface area contributed by atoms with Crippen LogP contribution in [0, 0.1) is 13.8 Å². The van der Waals surface area contributed by atoms with Crippen molar-refractivity contribution in [1.82, 2.24) is 24.8 Å². The minimum Gasteiger partial charge on any atom is -0.356 e. The second kappa shape index (κ2) is 9.27. The van der Waals surface area contributed by atoms with Gasteiger partial charge >= 0.3 is 0 Å². The summed E-state index contributed by atoms with van der Waals surface area (Å²) >= 11 is 1.82. The molecule has 6 nitrogen and oxygen atoms in total. The van der Waals surface area contributed by atoms with E-state index in [1.54, 1.807) is 0 Å². The number of carbonyl (C=O) groups is 1. The van der Waals surface area contributed by atoms with Gasteiger partial charge in [-0.3, -0.25) is 9.69 Å². The van der Waals surface area contributed by atoms with Crippen molar-refractivity contribution in [2.75, 3.05) is 13.1 Å². The van der Waals surface area contributed by atoms with Crippen LogP contribution in [0.4, 0.5) is 0 Å². The maximum absolute atomic E-state index is 12.0. The zero-order valence-electron chi connectivity index (χ0n) is 18.1. The lowest BCUT2D eigenvalue weighted by molar-refractivity contribution is -0.121. The highest BCUT2D eigenvalue weighted by atomic mass is 32.1. The number of amides is 1. The van der Waals surface area contributed by atoms with Crippen LogP contribution in [0.3, 0.4) is 0 Å². The van der Waals surface area contributed by atoms with Crippen LogP contribution in [0.1, 0.15) is 66.2 Å². The molecule has 4 heterocycles. The van der Waals surface area contributed by atoms with Gasteiger partial charge < -0.3 is 5.32 Å². The van der Waals surface area contributed by atoms with Crippen molar-refractivity contribution in [2.45, 2.75) is 65.5 Å². The molecule has 1 amide bonds. The molecule has 0 bridgehead atoms. The summed E-state index contributed by atoms with van der Waals surface area (Å²) in [4.78, 5) is 20.8. The standard InChI is InChI=1S/C23H31N5OS/c1-4-11-24-23(29)10-9-19-16(2)25-22-14-20(26-28(22)17(19)3)21-8-5-12-27(21)15-18-7-6-13-30-18/h6-7,13-14,21H,4-5,8-12,15H2,1-3H3,(H,24,29). The van der Waals surface area contributed by atoms with Crippen molar-refractivity contribution in [3.05, 3.63) is 51.1 Å². The highest BCUT2D eigenvalue weighted by Crippen LogP contribution is 2.33. The van der Waals surface area contributed by atoms with Crippen LogP contribution in [0.5, 0.6) is 0 Å². The molecular formula is C23H31N5OS. The SMILES string of the molecule is CCCNC(=O)CCc1c(C)nc2cc(C3CCCN3Cc3cccs3)nn2c1C. The monoisotopic (exact) mass is 425 g/mol. The topological polar surface area (TPSA) is 62.5 Å². The van der Waals surface area contributed by atoms with E-state index in [2.05, 4.69) is 47.6 Å². The van der Waals surface area contributed by atoms with Gasteiger partial charge in [0.15, 0.2) is 5.65 Å². The number of fused-ring (bicyclic) bond motifs is 1. The number of hydrogen-bond donors (Lipinski definition) is 1. The molecule has 3 aromatic heterocycles. The summed E-state index contributed by atoms with van der Waals surface area (Å²) < 4.78 is 1.98. The summed E-state index contributed by atoms with van der Waals surface area (Å²) in [6.45, 7) is 9.03. The van der Waals surface area contributed by atoms with Gasteiger partial charge in [-0.25, -0.2) is 9.50 Å². The van der Waals surface area contributed by atoms with Crippen LogP contribution in [0.2, 0.25) is 0 Å². The van der Waals surface area contributed by atoms with Crippen molar-refractivity contribution in [1.29, 1.82) is 0 Å². The van der Waals surface area contributed by atoms with E-state index in [0.717, 1.165) is 60.8 Å². The molecule has 30 heavy (non-hydrogen) atoms. The van der Waals surface area contributed by atoms with Gasteiger partial charge in [0.1, 0.15) is 0 Å². The third-order valence-corrected chi connectivity index (χ3v) is 6.86. The first kappa shape index (κ1) is 21.0. The maximum Gasteiger partial charge on any atom is 0.220 e. The number of nitrogens with one attached hydrogen (secondary N) is 1. The van der Waals surface area contributed by atoms with Crippen LogP contribution >= 0.6 is 11.3 Å². The highest BCUT2D eigenvalue weighted by molar-refractivity contribution is 7.09. The minimum atomic E-state index is 0.104. The van der Waals surface area contributed by atoms with E-state index in [9.17, 15) is 4.79 Å². The first-order valence-electron chi connectivity index (χ1n) is 11.0. The molecule has 4 rings (SSSR count). The second-order valence-corrected chi connectivity index (χ2v) is 9.19. The summed E-state index contributed by atoms with van der Waals surface area (Å²) in [5.41, 5.74) is 5.23. The van der Waals surface area contributed by atoms with Crippen molar-refractivity contribution in [2.24, 2.45) is 0 Å². The lowest BCUT2D eigenvalue weighted by atomic mass is 10.1. The maximum atomic E-state index is 12.0. The van der Waals surface area contributed by atoms with Crippen molar-refractivity contribution in [3.8, 4) is 0 Å². The van der Waals surface area contributed by atoms with Crippen LogP contribution in [-0.2, 0) is 17.8 Å². The molecule has 1 atom stereocenters. The normalized spacial score (nSPS) is 17.1. The quantitative estimate of drug-likeness (QED) is 0.587. The van der Waals surface area contributed by atoms with E-state index in [0.29, 0.717) is 18.9 Å². The number of thiophene rings is 1. The van der Waals surface area contributed by atoms with E-state index < -0.39 is 0 Å². The Labute approximate surface area is 182 Å². The van der Waals surface area contributed by atoms with Gasteiger partial charge in [-0.1, -0.05) is 13.0 Å². The molecule has 1 unspecified atom stereocenters. The van der Waals surface area contributed by atoms with Gasteiger partial charge in [0.25, 0.3) is 0 Å². The molecule has 1 N–H and O–H groups in total. The number of nitrogens with zero attached hydrogens (tertiary/aromatic N) is 4. The van der Waals surface area contributed by atoms with Gasteiger partial charge in [-0.05, 0) is 63.1 Å². The summed E-state index contributed by atoms with van der Waals surface area (Å²) in [6, 6.07) is 6.82. The molecule has 160 valence electrons. The van der Waals surface area contributed by atoms with E-state index in [1.165, 1.54) is 11.3 Å². The molecule has 7 heteroatoms. The molecule has 0 aromatic carbocycles. The van der Waals surface area contributed by atoms with E-state index >= 15 is 0 Å². The number of carbonyl (C=O) groups excluding carboxylic acids is 1. The van der Waals surface area contributed by atoms with Crippen molar-refractivity contribution >= 4 is 22.9 Å². The first-order chi connectivity index (χ1) is 14.6. The summed E-state index contributed by atoms with van der Waals surface area (Å²) in [6.07, 6.45) is 4.47. The van der Waals surface area contributed by atoms with Gasteiger partial charge in [0, 0.05) is 41.8 Å². The minimum absolute atomic E-state index is 0.104. The Morgan fingerprint density at radius 3 is 3.00 bits per heavy atom. The van der Waals surface area contributed by atoms with E-state index in [4.69, 9.17) is 10.1 Å². The summed E-state index contributed by atoms with van der Waals surface area (Å²) in [5.74, 6) is 0.104. The van der Waals surface area contributed by atoms with Crippen LogP contribution in [0.15, 0.2) is 23.6 Å². The fourth-order valence-corrected chi connectivity index (χ4v) is 5.14. The number of aromatic nitrogens is 3. The molecule has 0 saturated carbocycles. The Bertz CT molecular complexity index is 1010. The molecule has 1 saturated heterocycles. The molecule has 0 aliphatic carbocycles. The molecule has 0 spiro atoms. The Morgan fingerprint density at radius 2 is 2.23 bits per heavy atom. The molecule has 1 aliphatic heterocycles. The molecule has 0 radical (unpaired) electrons. The lowest BCUT2D eigenvalue weighted by Crippen LogP contribution is -2.24. The zero-order chi connectivity index (χ0) is 21.1. The average molecular weight is 426 g/mol. The highest BCUT2D eigenvalue weighted by Gasteiger charge is 2.29. The van der Waals surface area contributed by atoms with Gasteiger partial charge in [-0.2, -0.15) is 5.10 Å². The predicted octanol–water partition coefficient (Wildman–Crippen LogP) is 4.20. The molecule has 1 aliphatic rings. The van der Waals surface area contributed by atoms with Crippen LogP contribution in [0.25, 0.3) is 5.65 Å². The number of likely N-dealkylation sites (tertiary alicyclic amines) is 1. The molecule has 3 aromatic rings. The number of hydrogen-bond acceptors (Lipinski definition) is 5. The third-order valence-electron chi connectivity index (χ3n) is 6.00. The van der Waals surface area contributed by atoms with E-state index in [1.807, 2.05) is 22.8 Å².